The summed E-state index contributed by atoms with van der Waals surface area (Å²) in [7, 11) is 1.38. The number of carbonyl (C=O) groups excluding carboxylic acids is 1. The number of fused-ring (bicyclic) bond motifs is 1. The van der Waals surface area contributed by atoms with Gasteiger partial charge in [-0.15, -0.1) is 11.3 Å². The number of esters is 1. The van der Waals surface area contributed by atoms with E-state index in [-0.39, 0.29) is 5.97 Å². The predicted octanol–water partition coefficient (Wildman–Crippen LogP) is 5.06. The Kier molecular flexibility index (Phi) is 4.45. The van der Waals surface area contributed by atoms with E-state index in [0.717, 1.165) is 16.7 Å². The lowest BCUT2D eigenvalue weighted by Crippen LogP contribution is -2.02. The number of methoxy groups -OCH3 is 1. The molecule has 5 heteroatoms. The molecule has 112 valence electrons. The zero-order chi connectivity index (χ0) is 15.5. The van der Waals surface area contributed by atoms with Crippen LogP contribution in [0, 0.1) is 0 Å². The molecule has 0 amide bonds. The Balaban J connectivity index is 1.72. The summed E-state index contributed by atoms with van der Waals surface area (Å²) in [5.41, 5.74) is 2.80. The summed E-state index contributed by atoms with van der Waals surface area (Å²) in [6, 6.07) is 13.6. The molecule has 1 N–H and O–H groups in total. The van der Waals surface area contributed by atoms with Crippen LogP contribution in [0.15, 0.2) is 52.3 Å². The summed E-state index contributed by atoms with van der Waals surface area (Å²) in [5.74, 6) is -0.319. The van der Waals surface area contributed by atoms with Crippen LogP contribution in [0.5, 0.6) is 0 Å². The number of hydrogen-bond donors (Lipinski definition) is 1. The highest BCUT2D eigenvalue weighted by molar-refractivity contribution is 9.10. The molecule has 0 aliphatic carbocycles. The second-order valence-electron chi connectivity index (χ2n) is 4.82. The van der Waals surface area contributed by atoms with Gasteiger partial charge in [0.05, 0.1) is 12.7 Å². The molecule has 0 radical (unpaired) electrons. The van der Waals surface area contributed by atoms with Crippen LogP contribution < -0.4 is 5.32 Å². The fourth-order valence-electron chi connectivity index (χ4n) is 2.23. The lowest BCUT2D eigenvalue weighted by atomic mass is 10.1. The molecule has 0 unspecified atom stereocenters. The van der Waals surface area contributed by atoms with Crippen LogP contribution in [-0.2, 0) is 11.3 Å². The van der Waals surface area contributed by atoms with Gasteiger partial charge in [0.15, 0.2) is 0 Å². The van der Waals surface area contributed by atoms with Gasteiger partial charge >= 0.3 is 5.97 Å². The van der Waals surface area contributed by atoms with Crippen molar-refractivity contribution in [3.05, 3.63) is 63.4 Å². The molecule has 0 saturated heterocycles. The minimum atomic E-state index is -0.319. The topological polar surface area (TPSA) is 38.3 Å². The number of hydrogen-bond acceptors (Lipinski definition) is 4. The summed E-state index contributed by atoms with van der Waals surface area (Å²) in [6.45, 7) is 0.749. The Morgan fingerprint density at radius 1 is 1.23 bits per heavy atom. The van der Waals surface area contributed by atoms with Crippen molar-refractivity contribution in [3.8, 4) is 0 Å². The molecule has 3 nitrogen and oxygen atoms in total. The van der Waals surface area contributed by atoms with E-state index in [1.54, 1.807) is 23.5 Å². The third kappa shape index (κ3) is 3.15. The first-order chi connectivity index (χ1) is 10.7. The number of rotatable bonds is 4. The monoisotopic (exact) mass is 375 g/mol. The fraction of sp³-hybridized carbons (Fsp3) is 0.118. The third-order valence-electron chi connectivity index (χ3n) is 3.41. The Hall–Kier alpha value is -1.85. The van der Waals surface area contributed by atoms with Crippen LogP contribution in [0.2, 0.25) is 0 Å². The Labute approximate surface area is 141 Å². The minimum Gasteiger partial charge on any atom is -0.465 e. The largest absolute Gasteiger partial charge is 0.465 e. The van der Waals surface area contributed by atoms with Crippen LogP contribution >= 0.6 is 27.3 Å². The predicted molar refractivity (Wildman–Crippen MR) is 94.6 cm³/mol. The molecule has 1 aromatic heterocycles. The van der Waals surface area contributed by atoms with Crippen molar-refractivity contribution >= 4 is 49.0 Å². The van der Waals surface area contributed by atoms with Gasteiger partial charge in [-0.1, -0.05) is 22.0 Å². The van der Waals surface area contributed by atoms with E-state index in [1.807, 2.05) is 12.1 Å². The molecule has 0 fully saturated rings. The maximum Gasteiger partial charge on any atom is 0.337 e. The van der Waals surface area contributed by atoms with Crippen LogP contribution in [-0.4, -0.2) is 13.1 Å². The summed E-state index contributed by atoms with van der Waals surface area (Å²) < 4.78 is 7.06. The van der Waals surface area contributed by atoms with E-state index in [9.17, 15) is 4.79 Å². The quantitative estimate of drug-likeness (QED) is 0.647. The lowest BCUT2D eigenvalue weighted by Gasteiger charge is -2.07. The average molecular weight is 376 g/mol. The van der Waals surface area contributed by atoms with Crippen molar-refractivity contribution in [1.82, 2.24) is 0 Å². The van der Waals surface area contributed by atoms with E-state index in [1.165, 1.54) is 22.8 Å². The molecule has 22 heavy (non-hydrogen) atoms. The number of thiophene rings is 1. The number of benzene rings is 2. The normalized spacial score (nSPS) is 10.6. The first kappa shape index (κ1) is 15.1. The highest BCUT2D eigenvalue weighted by atomic mass is 79.9. The van der Waals surface area contributed by atoms with Crippen LogP contribution in [0.1, 0.15) is 15.9 Å². The molecule has 0 spiro atoms. The Morgan fingerprint density at radius 3 is 2.73 bits per heavy atom. The summed E-state index contributed by atoms with van der Waals surface area (Å²) in [4.78, 5) is 11.4. The molecule has 2 aromatic carbocycles. The summed E-state index contributed by atoms with van der Waals surface area (Å²) in [5, 5.41) is 6.82. The number of nitrogens with one attached hydrogen (secondary N) is 1. The van der Waals surface area contributed by atoms with Gasteiger partial charge in [-0.25, -0.2) is 4.79 Å². The Morgan fingerprint density at radius 2 is 2.00 bits per heavy atom. The molecular formula is C17H14BrNO2S. The maximum absolute atomic E-state index is 11.4. The van der Waals surface area contributed by atoms with Gasteiger partial charge in [-0.05, 0) is 52.7 Å². The van der Waals surface area contributed by atoms with E-state index < -0.39 is 0 Å². The van der Waals surface area contributed by atoms with Crippen molar-refractivity contribution in [2.45, 2.75) is 6.54 Å². The highest BCUT2D eigenvalue weighted by Crippen LogP contribution is 2.29. The molecule has 0 bridgehead atoms. The molecule has 0 aliphatic rings. The zero-order valence-electron chi connectivity index (χ0n) is 11.9. The molecule has 0 saturated carbocycles. The second-order valence-corrected chi connectivity index (χ2v) is 6.65. The molecule has 3 aromatic rings. The molecular weight excluding hydrogens is 362 g/mol. The van der Waals surface area contributed by atoms with Gasteiger partial charge in [0.1, 0.15) is 0 Å². The van der Waals surface area contributed by atoms with Crippen LogP contribution in [0.25, 0.3) is 10.1 Å². The fourth-order valence-corrected chi connectivity index (χ4v) is 3.75. The number of ether oxygens (including phenoxy) is 1. The van der Waals surface area contributed by atoms with Crippen LogP contribution in [0.3, 0.4) is 0 Å². The van der Waals surface area contributed by atoms with Gasteiger partial charge < -0.3 is 10.1 Å². The first-order valence-corrected chi connectivity index (χ1v) is 8.42. The van der Waals surface area contributed by atoms with Gasteiger partial charge in [-0.3, -0.25) is 0 Å². The number of carbonyl (C=O) groups is 1. The van der Waals surface area contributed by atoms with Gasteiger partial charge in [0.2, 0.25) is 0 Å². The second kappa shape index (κ2) is 6.50. The lowest BCUT2D eigenvalue weighted by molar-refractivity contribution is 0.0601. The molecule has 0 atom stereocenters. The van der Waals surface area contributed by atoms with Gasteiger partial charge in [-0.2, -0.15) is 0 Å². The van der Waals surface area contributed by atoms with E-state index >= 15 is 0 Å². The van der Waals surface area contributed by atoms with Crippen molar-refractivity contribution in [3.63, 3.8) is 0 Å². The van der Waals surface area contributed by atoms with Gasteiger partial charge in [0, 0.05) is 21.4 Å². The number of halogens is 1. The minimum absolute atomic E-state index is 0.319. The van der Waals surface area contributed by atoms with Crippen molar-refractivity contribution in [1.29, 1.82) is 0 Å². The number of anilines is 1. The zero-order valence-corrected chi connectivity index (χ0v) is 14.3. The van der Waals surface area contributed by atoms with Gasteiger partial charge in [0.25, 0.3) is 0 Å². The smallest absolute Gasteiger partial charge is 0.337 e. The highest BCUT2D eigenvalue weighted by Gasteiger charge is 2.06. The summed E-state index contributed by atoms with van der Waals surface area (Å²) >= 11 is 5.24. The average Bonchev–Trinajstić information content (AvgIpc) is 2.94. The first-order valence-electron chi connectivity index (χ1n) is 6.75. The Bertz CT molecular complexity index is 811. The SMILES string of the molecule is COC(=O)c1ccc(NCc2csc3cc(Br)ccc23)cc1. The van der Waals surface area contributed by atoms with E-state index in [2.05, 4.69) is 44.8 Å². The van der Waals surface area contributed by atoms with Crippen molar-refractivity contribution in [2.24, 2.45) is 0 Å². The van der Waals surface area contributed by atoms with Crippen LogP contribution in [0.4, 0.5) is 5.69 Å². The van der Waals surface area contributed by atoms with Crippen molar-refractivity contribution < 1.29 is 9.53 Å². The summed E-state index contributed by atoms with van der Waals surface area (Å²) in [6.07, 6.45) is 0. The molecule has 1 heterocycles. The molecule has 0 aliphatic heterocycles. The standard InChI is InChI=1S/C17H14BrNO2S/c1-21-17(20)11-2-5-14(6-3-11)19-9-12-10-22-16-8-13(18)4-7-15(12)16/h2-8,10,19H,9H2,1H3. The maximum atomic E-state index is 11.4. The molecule has 3 rings (SSSR count). The van der Waals surface area contributed by atoms with Crippen molar-refractivity contribution in [2.75, 3.05) is 12.4 Å². The van der Waals surface area contributed by atoms with E-state index in [0.29, 0.717) is 5.56 Å². The third-order valence-corrected chi connectivity index (χ3v) is 4.89. The van der Waals surface area contributed by atoms with E-state index in [4.69, 9.17) is 4.74 Å².